The highest BCUT2D eigenvalue weighted by molar-refractivity contribution is 5.62. The Morgan fingerprint density at radius 1 is 1.90 bits per heavy atom. The number of carboxylic acid groups (broad SMARTS) is 1. The summed E-state index contributed by atoms with van der Waals surface area (Å²) in [6, 6.07) is 0. The van der Waals surface area contributed by atoms with Crippen LogP contribution in [-0.2, 0) is 0 Å². The fourth-order valence-electron chi connectivity index (χ4n) is 0.179. The van der Waals surface area contributed by atoms with Gasteiger partial charge in [0.15, 0.2) is 5.03 Å². The number of hydrogen-bond acceptors (Lipinski definition) is 4. The van der Waals surface area contributed by atoms with Gasteiger partial charge in [-0.1, -0.05) is 5.53 Å². The van der Waals surface area contributed by atoms with Gasteiger partial charge >= 0.3 is 11.3 Å². The maximum atomic E-state index is 9.75. The van der Waals surface area contributed by atoms with Crippen LogP contribution in [0.25, 0.3) is 10.4 Å². The molecule has 0 radical (unpaired) electrons. The highest BCUT2D eigenvalue weighted by Crippen LogP contribution is 1.89. The van der Waals surface area contributed by atoms with Gasteiger partial charge in [-0.3, -0.25) is 0 Å². The Morgan fingerprint density at radius 3 is 2.50 bits per heavy atom. The molecule has 0 aromatic heterocycles. The van der Waals surface area contributed by atoms with Crippen molar-refractivity contribution < 1.29 is 14.9 Å². The summed E-state index contributed by atoms with van der Waals surface area (Å²) in [6.45, 7) is 0. The lowest BCUT2D eigenvalue weighted by atomic mass is 11.2. The quantitative estimate of drug-likeness (QED) is 0.198. The van der Waals surface area contributed by atoms with Crippen molar-refractivity contribution in [3.05, 3.63) is 20.6 Å². The van der Waals surface area contributed by atoms with Crippen LogP contribution in [0.3, 0.4) is 0 Å². The second kappa shape index (κ2) is 3.10. The first-order valence-corrected chi connectivity index (χ1v) is 1.82. The van der Waals surface area contributed by atoms with Crippen LogP contribution in [0.5, 0.6) is 0 Å². The van der Waals surface area contributed by atoms with E-state index in [4.69, 9.17) is 10.6 Å². The number of hydrogen-bond donors (Lipinski definition) is 1. The second-order valence-corrected chi connectivity index (χ2v) is 0.989. The molecular formula is CHN5O4. The van der Waals surface area contributed by atoms with Gasteiger partial charge < -0.3 is 15.2 Å². The van der Waals surface area contributed by atoms with Gasteiger partial charge in [-0.15, -0.1) is 0 Å². The van der Waals surface area contributed by atoms with Gasteiger partial charge in [0, 0.05) is 0 Å². The van der Waals surface area contributed by atoms with Gasteiger partial charge in [0.05, 0.1) is 4.91 Å². The molecule has 9 heteroatoms. The third kappa shape index (κ3) is 1.84. The largest absolute Gasteiger partial charge is 0.597 e. The molecule has 0 aromatic rings. The van der Waals surface area contributed by atoms with E-state index in [-0.39, 0.29) is 0 Å². The first kappa shape index (κ1) is 7.98. The fourth-order valence-corrected chi connectivity index (χ4v) is 0.179. The molecule has 1 amide bonds. The molecule has 0 bridgehead atoms. The molecule has 0 fully saturated rings. The molecule has 54 valence electrons. The summed E-state index contributed by atoms with van der Waals surface area (Å²) >= 11 is 0. The fraction of sp³-hybridized carbons (Fsp3) is 0. The number of nitrogens with zero attached hydrogens (tertiary/aromatic N) is 5. The summed E-state index contributed by atoms with van der Waals surface area (Å²) in [5.41, 5.74) is 7.58. The van der Waals surface area contributed by atoms with Gasteiger partial charge in [-0.2, -0.15) is 4.79 Å². The molecule has 0 aliphatic heterocycles. The first-order chi connectivity index (χ1) is 4.59. The van der Waals surface area contributed by atoms with Crippen molar-refractivity contribution in [2.75, 3.05) is 0 Å². The zero-order valence-corrected chi connectivity index (χ0v) is 4.41. The Morgan fingerprint density at radius 2 is 2.40 bits per heavy atom. The van der Waals surface area contributed by atoms with Crippen LogP contribution < -0.4 is 0 Å². The van der Waals surface area contributed by atoms with Crippen LogP contribution in [0.4, 0.5) is 4.79 Å². The van der Waals surface area contributed by atoms with Crippen LogP contribution in [0.2, 0.25) is 0 Å². The number of nitro groups is 1. The lowest BCUT2D eigenvalue weighted by molar-refractivity contribution is -0.637. The van der Waals surface area contributed by atoms with E-state index in [0.29, 0.717) is 0 Å². The minimum absolute atomic E-state index is 0.639. The predicted octanol–water partition coefficient (Wildman–Crippen LogP) is 0.383. The molecule has 0 aromatic carbocycles. The molecule has 0 unspecified atom stereocenters. The minimum atomic E-state index is -1.94. The number of amides is 1. The standard InChI is InChI=1S/CHN5O4/c2-3-4-5(1(7)8)6(9)10/h(H,7,8). The number of carbonyl (C=O) groups is 1. The Bertz CT molecular complexity index is 187. The molecule has 9 nitrogen and oxygen atoms in total. The van der Waals surface area contributed by atoms with Gasteiger partial charge in [0.25, 0.3) is 5.12 Å². The molecule has 0 aliphatic carbocycles. The van der Waals surface area contributed by atoms with Crippen LogP contribution in [0, 0.1) is 10.1 Å². The van der Waals surface area contributed by atoms with E-state index in [2.05, 4.69) is 5.22 Å². The molecule has 1 N–H and O–H groups in total. The monoisotopic (exact) mass is 147 g/mol. The summed E-state index contributed by atoms with van der Waals surface area (Å²) in [5.74, 6) is 0. The average Bonchev–Trinajstić information content (AvgIpc) is 1.81. The summed E-state index contributed by atoms with van der Waals surface area (Å²) < 4.78 is 0. The summed E-state index contributed by atoms with van der Waals surface area (Å²) in [5, 5.41) is 17.8. The van der Waals surface area contributed by atoms with E-state index in [1.165, 1.54) is 0 Å². The Hall–Kier alpha value is -2.02. The van der Waals surface area contributed by atoms with E-state index in [9.17, 15) is 14.9 Å². The predicted molar refractivity (Wildman–Crippen MR) is 26.0 cm³/mol. The lowest BCUT2D eigenvalue weighted by Gasteiger charge is -1.86. The molecular weight excluding hydrogens is 146 g/mol. The van der Waals surface area contributed by atoms with E-state index >= 15 is 0 Å². The Balaban J connectivity index is 4.41. The molecule has 0 spiro atoms. The highest BCUT2D eigenvalue weighted by atomic mass is 16.7. The topological polar surface area (TPSA) is 132 Å². The zero-order valence-electron chi connectivity index (χ0n) is 4.41. The van der Waals surface area contributed by atoms with Crippen LogP contribution >= 0.6 is 0 Å². The minimum Gasteiger partial charge on any atom is -0.441 e. The third-order valence-electron chi connectivity index (χ3n) is 0.450. The van der Waals surface area contributed by atoms with E-state index in [1.54, 1.807) is 0 Å². The van der Waals surface area contributed by atoms with Crippen LogP contribution in [0.15, 0.2) is 5.22 Å². The molecule has 0 saturated heterocycles. The zero-order chi connectivity index (χ0) is 8.15. The van der Waals surface area contributed by atoms with Crippen molar-refractivity contribution in [3.63, 3.8) is 0 Å². The number of rotatable bonds is 2. The molecule has 0 atom stereocenters. The normalized spacial score (nSPS) is 7.60. The van der Waals surface area contributed by atoms with Gasteiger partial charge in [-0.05, 0) is 0 Å². The van der Waals surface area contributed by atoms with Crippen molar-refractivity contribution in [3.8, 4) is 0 Å². The van der Waals surface area contributed by atoms with Crippen LogP contribution in [-0.4, -0.2) is 21.3 Å². The molecule has 0 rings (SSSR count). The lowest BCUT2D eigenvalue weighted by Crippen LogP contribution is -2.28. The molecule has 0 saturated carbocycles. The maximum Gasteiger partial charge on any atom is 0.597 e. The maximum absolute atomic E-state index is 9.75. The van der Waals surface area contributed by atoms with Crippen molar-refractivity contribution in [1.82, 2.24) is 5.12 Å². The first-order valence-electron chi connectivity index (χ1n) is 1.82. The van der Waals surface area contributed by atoms with Gasteiger partial charge in [-0.25, -0.2) is 0 Å². The van der Waals surface area contributed by atoms with Crippen LogP contribution in [0.1, 0.15) is 0 Å². The Labute approximate surface area is 53.2 Å². The van der Waals surface area contributed by atoms with Crippen molar-refractivity contribution in [1.29, 1.82) is 0 Å². The van der Waals surface area contributed by atoms with E-state index in [1.807, 2.05) is 4.91 Å². The highest BCUT2D eigenvalue weighted by Gasteiger charge is 2.35. The number of hydrazine groups is 1. The summed E-state index contributed by atoms with van der Waals surface area (Å²) in [7, 11) is 0. The van der Waals surface area contributed by atoms with Crippen molar-refractivity contribution >= 4 is 6.09 Å². The van der Waals surface area contributed by atoms with E-state index in [0.717, 1.165) is 0 Å². The molecule has 10 heavy (non-hydrogen) atoms. The SMILES string of the molecule is [N-]=[N+]=NN(C(=O)O)[N+](=O)[O-]. The van der Waals surface area contributed by atoms with Crippen molar-refractivity contribution in [2.45, 2.75) is 0 Å². The Kier molecular flexibility index (Phi) is 2.47. The third-order valence-corrected chi connectivity index (χ3v) is 0.450. The smallest absolute Gasteiger partial charge is 0.441 e. The van der Waals surface area contributed by atoms with E-state index < -0.39 is 16.2 Å². The summed E-state index contributed by atoms with van der Waals surface area (Å²) in [6.07, 6.45) is -1.94. The summed E-state index contributed by atoms with van der Waals surface area (Å²) in [4.78, 5) is 21.3. The average molecular weight is 147 g/mol. The second-order valence-electron chi connectivity index (χ2n) is 0.989. The van der Waals surface area contributed by atoms with Crippen molar-refractivity contribution in [2.24, 2.45) is 5.22 Å². The molecule has 0 heterocycles. The van der Waals surface area contributed by atoms with Gasteiger partial charge in [0.2, 0.25) is 0 Å². The van der Waals surface area contributed by atoms with Gasteiger partial charge in [0.1, 0.15) is 0 Å². The number of azide groups is 1. The molecule has 0 aliphatic rings.